The molecule has 86 valence electrons. The second-order valence-electron chi connectivity index (χ2n) is 4.33. The molecular formula is C10H18N2O2S. The zero-order valence-corrected chi connectivity index (χ0v) is 9.96. The van der Waals surface area contributed by atoms with Crippen LogP contribution in [-0.4, -0.2) is 40.6 Å². The monoisotopic (exact) mass is 230 g/mol. The molecule has 1 saturated carbocycles. The minimum absolute atomic E-state index is 0.0381. The third kappa shape index (κ3) is 3.14. The number of amides is 1. The first-order chi connectivity index (χ1) is 6.91. The number of aliphatic hydroxyl groups excluding tert-OH is 1. The van der Waals surface area contributed by atoms with Crippen LogP contribution >= 0.6 is 12.2 Å². The fraction of sp³-hybridized carbons (Fsp3) is 0.800. The Hall–Kier alpha value is -0.680. The van der Waals surface area contributed by atoms with Crippen LogP contribution < -0.4 is 5.73 Å². The summed E-state index contributed by atoms with van der Waals surface area (Å²) in [5, 5.41) is 9.12. The Morgan fingerprint density at radius 1 is 1.67 bits per heavy atom. The molecule has 0 saturated heterocycles. The number of hydrogen-bond donors (Lipinski definition) is 2. The molecule has 0 aromatic rings. The van der Waals surface area contributed by atoms with Gasteiger partial charge in [0, 0.05) is 13.6 Å². The number of rotatable bonds is 4. The molecule has 0 spiro atoms. The van der Waals surface area contributed by atoms with E-state index in [0.717, 1.165) is 12.8 Å². The SMILES string of the molecule is CC(C(=O)N(C)CC1CC(O)C1)C(N)=S. The van der Waals surface area contributed by atoms with E-state index in [2.05, 4.69) is 0 Å². The van der Waals surface area contributed by atoms with Gasteiger partial charge >= 0.3 is 0 Å². The van der Waals surface area contributed by atoms with Crippen LogP contribution in [0.4, 0.5) is 0 Å². The Labute approximate surface area is 95.4 Å². The Bertz CT molecular complexity index is 264. The lowest BCUT2D eigenvalue weighted by Gasteiger charge is -2.35. The molecule has 0 aliphatic heterocycles. The predicted octanol–water partition coefficient (Wildman–Crippen LogP) is 0.138. The number of carbonyl (C=O) groups excluding carboxylic acids is 1. The summed E-state index contributed by atoms with van der Waals surface area (Å²) in [6.45, 7) is 2.40. The molecule has 4 nitrogen and oxygen atoms in total. The maximum absolute atomic E-state index is 11.7. The van der Waals surface area contributed by atoms with E-state index >= 15 is 0 Å². The van der Waals surface area contributed by atoms with Gasteiger partial charge < -0.3 is 15.7 Å². The molecule has 1 aliphatic carbocycles. The highest BCUT2D eigenvalue weighted by atomic mass is 32.1. The first kappa shape index (κ1) is 12.4. The van der Waals surface area contributed by atoms with E-state index < -0.39 is 5.92 Å². The molecule has 0 heterocycles. The molecule has 15 heavy (non-hydrogen) atoms. The van der Waals surface area contributed by atoms with Gasteiger partial charge in [0.05, 0.1) is 17.0 Å². The van der Waals surface area contributed by atoms with Crippen molar-refractivity contribution >= 4 is 23.1 Å². The van der Waals surface area contributed by atoms with Crippen LogP contribution in [0.1, 0.15) is 19.8 Å². The van der Waals surface area contributed by atoms with Crippen LogP contribution in [0.25, 0.3) is 0 Å². The molecule has 5 heteroatoms. The zero-order chi connectivity index (χ0) is 11.6. The van der Waals surface area contributed by atoms with Crippen molar-refractivity contribution in [3.05, 3.63) is 0 Å². The Morgan fingerprint density at radius 2 is 2.20 bits per heavy atom. The lowest BCUT2D eigenvalue weighted by molar-refractivity contribution is -0.133. The number of aliphatic hydroxyl groups is 1. The van der Waals surface area contributed by atoms with E-state index in [1.807, 2.05) is 0 Å². The molecule has 0 aromatic carbocycles. The fourth-order valence-corrected chi connectivity index (χ4v) is 1.88. The summed E-state index contributed by atoms with van der Waals surface area (Å²) < 4.78 is 0. The molecule has 1 fully saturated rings. The quantitative estimate of drug-likeness (QED) is 0.674. The zero-order valence-electron chi connectivity index (χ0n) is 9.14. The number of nitrogens with two attached hydrogens (primary N) is 1. The van der Waals surface area contributed by atoms with Gasteiger partial charge in [-0.05, 0) is 25.7 Å². The lowest BCUT2D eigenvalue weighted by atomic mass is 9.82. The summed E-state index contributed by atoms with van der Waals surface area (Å²) in [5.41, 5.74) is 5.42. The summed E-state index contributed by atoms with van der Waals surface area (Å²) in [6, 6.07) is 0. The van der Waals surface area contributed by atoms with E-state index in [1.165, 1.54) is 0 Å². The first-order valence-electron chi connectivity index (χ1n) is 5.14. The fourth-order valence-electron chi connectivity index (χ4n) is 1.78. The molecule has 3 N–H and O–H groups in total. The number of thiocarbonyl (C=S) groups is 1. The van der Waals surface area contributed by atoms with Crippen molar-refractivity contribution in [2.45, 2.75) is 25.9 Å². The van der Waals surface area contributed by atoms with Crippen molar-refractivity contribution in [3.63, 3.8) is 0 Å². The van der Waals surface area contributed by atoms with Gasteiger partial charge in [0.25, 0.3) is 0 Å². The van der Waals surface area contributed by atoms with Gasteiger partial charge in [0.2, 0.25) is 5.91 Å². The maximum Gasteiger partial charge on any atom is 0.231 e. The number of nitrogens with zero attached hydrogens (tertiary/aromatic N) is 1. The molecule has 1 aliphatic rings. The van der Waals surface area contributed by atoms with Crippen molar-refractivity contribution in [2.75, 3.05) is 13.6 Å². The number of hydrogen-bond acceptors (Lipinski definition) is 3. The highest BCUT2D eigenvalue weighted by Gasteiger charge is 2.30. The van der Waals surface area contributed by atoms with Gasteiger partial charge in [-0.15, -0.1) is 0 Å². The van der Waals surface area contributed by atoms with Gasteiger partial charge in [-0.25, -0.2) is 0 Å². The van der Waals surface area contributed by atoms with Crippen molar-refractivity contribution in [1.82, 2.24) is 4.90 Å². The number of carbonyl (C=O) groups is 1. The molecule has 0 radical (unpaired) electrons. The molecule has 1 atom stereocenters. The Balaban J connectivity index is 2.36. The van der Waals surface area contributed by atoms with Crippen molar-refractivity contribution < 1.29 is 9.90 Å². The maximum atomic E-state index is 11.7. The molecule has 1 amide bonds. The van der Waals surface area contributed by atoms with Crippen molar-refractivity contribution in [1.29, 1.82) is 0 Å². The predicted molar refractivity (Wildman–Crippen MR) is 62.3 cm³/mol. The van der Waals surface area contributed by atoms with Crippen LogP contribution in [0, 0.1) is 11.8 Å². The molecule has 0 aromatic heterocycles. The second-order valence-corrected chi connectivity index (χ2v) is 4.81. The van der Waals surface area contributed by atoms with Gasteiger partial charge in [0.15, 0.2) is 0 Å². The van der Waals surface area contributed by atoms with E-state index in [-0.39, 0.29) is 17.0 Å². The summed E-state index contributed by atoms with van der Waals surface area (Å²) in [5.74, 6) is -0.00798. The molecule has 0 bridgehead atoms. The second kappa shape index (κ2) is 4.90. The van der Waals surface area contributed by atoms with Crippen LogP contribution in [-0.2, 0) is 4.79 Å². The van der Waals surface area contributed by atoms with E-state index in [4.69, 9.17) is 23.1 Å². The van der Waals surface area contributed by atoms with Crippen LogP contribution in [0.5, 0.6) is 0 Å². The third-order valence-electron chi connectivity index (χ3n) is 2.92. The van der Waals surface area contributed by atoms with E-state index in [9.17, 15) is 4.79 Å². The van der Waals surface area contributed by atoms with Gasteiger partial charge in [-0.3, -0.25) is 4.79 Å². The van der Waals surface area contributed by atoms with Gasteiger partial charge in [-0.2, -0.15) is 0 Å². The summed E-state index contributed by atoms with van der Waals surface area (Å²) >= 11 is 4.78. The minimum atomic E-state index is -0.394. The highest BCUT2D eigenvalue weighted by molar-refractivity contribution is 7.80. The lowest BCUT2D eigenvalue weighted by Crippen LogP contribution is -2.43. The summed E-state index contributed by atoms with van der Waals surface area (Å²) in [7, 11) is 1.75. The highest BCUT2D eigenvalue weighted by Crippen LogP contribution is 2.27. The van der Waals surface area contributed by atoms with Gasteiger partial charge in [-0.1, -0.05) is 12.2 Å². The van der Waals surface area contributed by atoms with E-state index in [0.29, 0.717) is 12.5 Å². The van der Waals surface area contributed by atoms with Crippen molar-refractivity contribution in [3.8, 4) is 0 Å². The summed E-state index contributed by atoms with van der Waals surface area (Å²) in [6.07, 6.45) is 1.41. The smallest absolute Gasteiger partial charge is 0.231 e. The normalized spacial score (nSPS) is 26.6. The molecular weight excluding hydrogens is 212 g/mol. The van der Waals surface area contributed by atoms with Crippen LogP contribution in [0.15, 0.2) is 0 Å². The van der Waals surface area contributed by atoms with Crippen LogP contribution in [0.3, 0.4) is 0 Å². The minimum Gasteiger partial charge on any atom is -0.393 e. The average molecular weight is 230 g/mol. The average Bonchev–Trinajstić information content (AvgIpc) is 2.12. The molecule has 1 unspecified atom stereocenters. The Morgan fingerprint density at radius 3 is 2.60 bits per heavy atom. The standard InChI is InChI=1S/C10H18N2O2S/c1-6(9(11)15)10(14)12(2)5-7-3-8(13)4-7/h6-8,13H,3-5H2,1-2H3,(H2,11,15). The van der Waals surface area contributed by atoms with E-state index in [1.54, 1.807) is 18.9 Å². The third-order valence-corrected chi connectivity index (χ3v) is 3.27. The Kier molecular flexibility index (Phi) is 4.04. The molecule has 1 rings (SSSR count). The van der Waals surface area contributed by atoms with Crippen molar-refractivity contribution in [2.24, 2.45) is 17.6 Å². The summed E-state index contributed by atoms with van der Waals surface area (Å²) in [4.78, 5) is 13.6. The first-order valence-corrected chi connectivity index (χ1v) is 5.55. The van der Waals surface area contributed by atoms with Crippen LogP contribution in [0.2, 0.25) is 0 Å². The largest absolute Gasteiger partial charge is 0.393 e. The topological polar surface area (TPSA) is 66.6 Å². The van der Waals surface area contributed by atoms with Gasteiger partial charge in [0.1, 0.15) is 0 Å².